The van der Waals surface area contributed by atoms with Crippen LogP contribution in [-0.4, -0.2) is 51.3 Å². The van der Waals surface area contributed by atoms with Gasteiger partial charge in [0.05, 0.1) is 13.2 Å². The standard InChI is InChI=1S/C10H20N2O4.C2H6/c1-3-15-8-10(14)12-5-7-16-6-4-11-9(2)13;1-2/h3-8H2,1-2H3,(H,11,13)(H,12,14);1-2H3. The molecule has 0 unspecified atom stereocenters. The number of carbonyl (C=O) groups is 2. The summed E-state index contributed by atoms with van der Waals surface area (Å²) in [5, 5.41) is 5.24. The summed E-state index contributed by atoms with van der Waals surface area (Å²) >= 11 is 0. The third-order valence-corrected chi connectivity index (χ3v) is 1.63. The van der Waals surface area contributed by atoms with Crippen molar-refractivity contribution < 1.29 is 19.1 Å². The van der Waals surface area contributed by atoms with Crippen LogP contribution in [-0.2, 0) is 19.1 Å². The van der Waals surface area contributed by atoms with Gasteiger partial charge >= 0.3 is 0 Å². The van der Waals surface area contributed by atoms with Gasteiger partial charge in [0.15, 0.2) is 0 Å². The summed E-state index contributed by atoms with van der Waals surface area (Å²) in [4.78, 5) is 21.5. The van der Waals surface area contributed by atoms with Gasteiger partial charge in [-0.25, -0.2) is 0 Å². The molecule has 108 valence electrons. The van der Waals surface area contributed by atoms with Gasteiger partial charge in [0.1, 0.15) is 6.61 Å². The van der Waals surface area contributed by atoms with E-state index in [2.05, 4.69) is 10.6 Å². The molecule has 0 aliphatic rings. The fraction of sp³-hybridized carbons (Fsp3) is 0.833. The fourth-order valence-electron chi connectivity index (χ4n) is 0.910. The lowest BCUT2D eigenvalue weighted by atomic mass is 10.5. The molecule has 6 heteroatoms. The lowest BCUT2D eigenvalue weighted by molar-refractivity contribution is -0.125. The predicted molar refractivity (Wildman–Crippen MR) is 70.4 cm³/mol. The Morgan fingerprint density at radius 2 is 1.56 bits per heavy atom. The van der Waals surface area contributed by atoms with Gasteiger partial charge in [0.2, 0.25) is 11.8 Å². The summed E-state index contributed by atoms with van der Waals surface area (Å²) in [7, 11) is 0. The average Bonchev–Trinajstić information content (AvgIpc) is 2.37. The molecule has 2 amide bonds. The number of hydrogen-bond acceptors (Lipinski definition) is 4. The first kappa shape index (κ1) is 19.2. The fourth-order valence-corrected chi connectivity index (χ4v) is 0.910. The molecule has 0 saturated carbocycles. The molecule has 0 fully saturated rings. The molecule has 0 atom stereocenters. The van der Waals surface area contributed by atoms with Crippen LogP contribution < -0.4 is 10.6 Å². The van der Waals surface area contributed by atoms with Crippen molar-refractivity contribution in [2.45, 2.75) is 27.7 Å². The molecule has 0 heterocycles. The molecule has 0 aliphatic heterocycles. The predicted octanol–water partition coefficient (Wildman–Crippen LogP) is 0.318. The third-order valence-electron chi connectivity index (χ3n) is 1.63. The van der Waals surface area contributed by atoms with E-state index in [0.29, 0.717) is 32.9 Å². The van der Waals surface area contributed by atoms with E-state index in [-0.39, 0.29) is 18.4 Å². The van der Waals surface area contributed by atoms with E-state index in [1.54, 1.807) is 0 Å². The molecule has 6 nitrogen and oxygen atoms in total. The molecule has 2 N–H and O–H groups in total. The number of hydrogen-bond donors (Lipinski definition) is 2. The Morgan fingerprint density at radius 3 is 2.06 bits per heavy atom. The van der Waals surface area contributed by atoms with E-state index in [9.17, 15) is 9.59 Å². The minimum absolute atomic E-state index is 0.0754. The second kappa shape index (κ2) is 15.9. The Hall–Kier alpha value is -1.14. The molecule has 0 spiro atoms. The topological polar surface area (TPSA) is 76.7 Å². The first-order valence-corrected chi connectivity index (χ1v) is 6.33. The number of rotatable bonds is 9. The summed E-state index contributed by atoms with van der Waals surface area (Å²) in [6, 6.07) is 0. The monoisotopic (exact) mass is 262 g/mol. The smallest absolute Gasteiger partial charge is 0.246 e. The summed E-state index contributed by atoms with van der Waals surface area (Å²) in [6.07, 6.45) is 0. The zero-order valence-corrected chi connectivity index (χ0v) is 11.9. The van der Waals surface area contributed by atoms with Gasteiger partial charge in [0.25, 0.3) is 0 Å². The van der Waals surface area contributed by atoms with Crippen molar-refractivity contribution in [1.29, 1.82) is 0 Å². The van der Waals surface area contributed by atoms with Crippen LogP contribution >= 0.6 is 0 Å². The number of ether oxygens (including phenoxy) is 2. The number of amides is 2. The maximum Gasteiger partial charge on any atom is 0.246 e. The summed E-state index contributed by atoms with van der Waals surface area (Å²) < 4.78 is 10.1. The minimum Gasteiger partial charge on any atom is -0.378 e. The Balaban J connectivity index is 0. The molecule has 18 heavy (non-hydrogen) atoms. The van der Waals surface area contributed by atoms with E-state index in [1.165, 1.54) is 6.92 Å². The van der Waals surface area contributed by atoms with Gasteiger partial charge in [-0.15, -0.1) is 0 Å². The van der Waals surface area contributed by atoms with Crippen LogP contribution in [0.25, 0.3) is 0 Å². The molecule has 0 bridgehead atoms. The van der Waals surface area contributed by atoms with Crippen molar-refractivity contribution in [3.8, 4) is 0 Å². The van der Waals surface area contributed by atoms with E-state index in [1.807, 2.05) is 20.8 Å². The van der Waals surface area contributed by atoms with E-state index in [0.717, 1.165) is 0 Å². The zero-order chi connectivity index (χ0) is 14.2. The SMILES string of the molecule is CC.CCOCC(=O)NCCOCCNC(C)=O. The van der Waals surface area contributed by atoms with Crippen molar-refractivity contribution in [2.75, 3.05) is 39.5 Å². The molecular weight excluding hydrogens is 236 g/mol. The van der Waals surface area contributed by atoms with Gasteiger partial charge in [-0.3, -0.25) is 9.59 Å². The molecule has 0 radical (unpaired) electrons. The van der Waals surface area contributed by atoms with Gasteiger partial charge in [0, 0.05) is 26.6 Å². The third kappa shape index (κ3) is 17.3. The van der Waals surface area contributed by atoms with Gasteiger partial charge in [-0.1, -0.05) is 13.8 Å². The lowest BCUT2D eigenvalue weighted by Gasteiger charge is -2.06. The van der Waals surface area contributed by atoms with Crippen molar-refractivity contribution in [3.05, 3.63) is 0 Å². The first-order chi connectivity index (χ1) is 8.66. The Labute approximate surface area is 109 Å². The zero-order valence-electron chi connectivity index (χ0n) is 11.9. The molecular formula is C12H26N2O4. The minimum atomic E-state index is -0.146. The molecule has 0 aliphatic carbocycles. The average molecular weight is 262 g/mol. The normalized spacial score (nSPS) is 9.11. The summed E-state index contributed by atoms with van der Waals surface area (Å²) in [5.41, 5.74) is 0. The van der Waals surface area contributed by atoms with E-state index >= 15 is 0 Å². The lowest BCUT2D eigenvalue weighted by Crippen LogP contribution is -2.31. The Bertz CT molecular complexity index is 210. The molecule has 0 saturated heterocycles. The van der Waals surface area contributed by atoms with Crippen LogP contribution in [0.5, 0.6) is 0 Å². The number of carbonyl (C=O) groups excluding carboxylic acids is 2. The highest BCUT2D eigenvalue weighted by molar-refractivity contribution is 5.77. The van der Waals surface area contributed by atoms with Gasteiger partial charge < -0.3 is 20.1 Å². The molecule has 0 aromatic rings. The Kier molecular flexibility index (Phi) is 16.9. The second-order valence-electron chi connectivity index (χ2n) is 3.08. The highest BCUT2D eigenvalue weighted by Crippen LogP contribution is 1.76. The van der Waals surface area contributed by atoms with Crippen LogP contribution in [0.1, 0.15) is 27.7 Å². The van der Waals surface area contributed by atoms with Crippen LogP contribution in [0.4, 0.5) is 0 Å². The van der Waals surface area contributed by atoms with Gasteiger partial charge in [-0.05, 0) is 6.92 Å². The summed E-state index contributed by atoms with van der Waals surface area (Å²) in [5.74, 6) is -0.221. The quantitative estimate of drug-likeness (QED) is 0.587. The maximum atomic E-state index is 11.0. The van der Waals surface area contributed by atoms with Gasteiger partial charge in [-0.2, -0.15) is 0 Å². The van der Waals surface area contributed by atoms with Crippen molar-refractivity contribution >= 4 is 11.8 Å². The Morgan fingerprint density at radius 1 is 1.00 bits per heavy atom. The van der Waals surface area contributed by atoms with E-state index in [4.69, 9.17) is 9.47 Å². The largest absolute Gasteiger partial charge is 0.378 e. The number of nitrogens with one attached hydrogen (secondary N) is 2. The highest BCUT2D eigenvalue weighted by Gasteiger charge is 1.98. The molecule has 0 rings (SSSR count). The second-order valence-corrected chi connectivity index (χ2v) is 3.08. The molecule has 0 aromatic heterocycles. The highest BCUT2D eigenvalue weighted by atomic mass is 16.5. The van der Waals surface area contributed by atoms with Crippen LogP contribution in [0.3, 0.4) is 0 Å². The van der Waals surface area contributed by atoms with Crippen LogP contribution in [0, 0.1) is 0 Å². The van der Waals surface area contributed by atoms with Crippen LogP contribution in [0.2, 0.25) is 0 Å². The summed E-state index contributed by atoms with van der Waals surface area (Å²) in [6.45, 7) is 9.71. The van der Waals surface area contributed by atoms with Crippen LogP contribution in [0.15, 0.2) is 0 Å². The van der Waals surface area contributed by atoms with Crippen molar-refractivity contribution in [1.82, 2.24) is 10.6 Å². The molecule has 0 aromatic carbocycles. The maximum absolute atomic E-state index is 11.0. The first-order valence-electron chi connectivity index (χ1n) is 6.33. The van der Waals surface area contributed by atoms with Crippen molar-refractivity contribution in [2.24, 2.45) is 0 Å². The van der Waals surface area contributed by atoms with Crippen molar-refractivity contribution in [3.63, 3.8) is 0 Å². The van der Waals surface area contributed by atoms with E-state index < -0.39 is 0 Å².